The van der Waals surface area contributed by atoms with Crippen molar-refractivity contribution in [3.63, 3.8) is 0 Å². The van der Waals surface area contributed by atoms with E-state index < -0.39 is 0 Å². The van der Waals surface area contributed by atoms with E-state index in [1.54, 1.807) is 0 Å². The molecule has 0 saturated carbocycles. The summed E-state index contributed by atoms with van der Waals surface area (Å²) in [4.78, 5) is 0. The van der Waals surface area contributed by atoms with Crippen molar-refractivity contribution >= 4 is 0 Å². The minimum atomic E-state index is 0.598. The second kappa shape index (κ2) is 6.45. The number of hydrogen-bond donors (Lipinski definition) is 0. The molecule has 0 bridgehead atoms. The smallest absolute Gasteiger partial charge is 0.0654 e. The lowest BCUT2D eigenvalue weighted by Gasteiger charge is -2.03. The van der Waals surface area contributed by atoms with Crippen LogP contribution in [0.15, 0.2) is 0 Å². The van der Waals surface area contributed by atoms with E-state index in [9.17, 15) is 0 Å². The maximum atomic E-state index is 4.12. The molecule has 0 N–H and O–H groups in total. The van der Waals surface area contributed by atoms with Gasteiger partial charge in [0.15, 0.2) is 0 Å². The number of hydrogen-bond acceptors (Lipinski definition) is 0. The fraction of sp³-hybridized carbons (Fsp3) is 0.818. The Balaban J connectivity index is 3.15. The highest BCUT2D eigenvalue weighted by Crippen LogP contribution is 2.16. The van der Waals surface area contributed by atoms with E-state index >= 15 is 0 Å². The van der Waals surface area contributed by atoms with Crippen molar-refractivity contribution < 1.29 is 0 Å². The zero-order chi connectivity index (χ0) is 8.69. The Kier molecular flexibility index (Phi) is 6.30. The maximum absolute atomic E-state index is 4.12. The van der Waals surface area contributed by atoms with Gasteiger partial charge in [0.05, 0.1) is 25.7 Å². The normalized spacial score (nSPS) is 16.2. The van der Waals surface area contributed by atoms with E-state index in [-0.39, 0.29) is 0 Å². The SMILES string of the molecule is [CH2+]C(C)CCC([CH2+])CCCC. The molecule has 0 spiro atoms. The first-order valence-corrected chi connectivity index (χ1v) is 4.83. The van der Waals surface area contributed by atoms with Crippen molar-refractivity contribution in [2.45, 2.75) is 46.0 Å². The maximum Gasteiger partial charge on any atom is 0.0954 e. The van der Waals surface area contributed by atoms with Crippen molar-refractivity contribution in [1.29, 1.82) is 0 Å². The van der Waals surface area contributed by atoms with Crippen LogP contribution in [-0.4, -0.2) is 0 Å². The summed E-state index contributed by atoms with van der Waals surface area (Å²) < 4.78 is 0. The van der Waals surface area contributed by atoms with Gasteiger partial charge in [0, 0.05) is 0 Å². The second-order valence-corrected chi connectivity index (χ2v) is 3.69. The quantitative estimate of drug-likeness (QED) is 0.509. The van der Waals surface area contributed by atoms with Gasteiger partial charge in [-0.3, -0.25) is 0 Å². The summed E-state index contributed by atoms with van der Waals surface area (Å²) in [7, 11) is 0. The van der Waals surface area contributed by atoms with Crippen LogP contribution in [0.25, 0.3) is 0 Å². The van der Waals surface area contributed by atoms with Gasteiger partial charge in [0.2, 0.25) is 0 Å². The van der Waals surface area contributed by atoms with Crippen LogP contribution in [0.4, 0.5) is 0 Å². The predicted molar refractivity (Wildman–Crippen MR) is 52.1 cm³/mol. The van der Waals surface area contributed by atoms with Gasteiger partial charge < -0.3 is 0 Å². The highest BCUT2D eigenvalue weighted by atomic mass is 14.1. The van der Waals surface area contributed by atoms with Gasteiger partial charge in [0.1, 0.15) is 0 Å². The lowest BCUT2D eigenvalue weighted by molar-refractivity contribution is 0.464. The molecular weight excluding hydrogens is 132 g/mol. The zero-order valence-corrected chi connectivity index (χ0v) is 8.10. The Morgan fingerprint density at radius 1 is 1.09 bits per heavy atom. The molecule has 0 saturated heterocycles. The first kappa shape index (κ1) is 10.7. The van der Waals surface area contributed by atoms with Crippen molar-refractivity contribution in [1.82, 2.24) is 0 Å². The van der Waals surface area contributed by atoms with Crippen LogP contribution in [0.1, 0.15) is 46.0 Å². The van der Waals surface area contributed by atoms with Crippen molar-refractivity contribution in [3.8, 4) is 0 Å². The summed E-state index contributed by atoms with van der Waals surface area (Å²) in [5.41, 5.74) is 0. The molecule has 0 amide bonds. The van der Waals surface area contributed by atoms with Gasteiger partial charge in [-0.15, -0.1) is 0 Å². The molecule has 0 rings (SSSR count). The summed E-state index contributed by atoms with van der Waals surface area (Å²) in [6, 6.07) is 0. The lowest BCUT2D eigenvalue weighted by atomic mass is 9.95. The molecule has 0 radical (unpaired) electrons. The van der Waals surface area contributed by atoms with E-state index in [0.29, 0.717) is 11.8 Å². The molecule has 0 heterocycles. The fourth-order valence-corrected chi connectivity index (χ4v) is 1.16. The molecule has 64 valence electrons. The minimum absolute atomic E-state index is 0.598. The Morgan fingerprint density at radius 2 is 1.73 bits per heavy atom. The molecule has 0 heteroatoms. The van der Waals surface area contributed by atoms with E-state index in [4.69, 9.17) is 0 Å². The van der Waals surface area contributed by atoms with Gasteiger partial charge in [-0.1, -0.05) is 13.3 Å². The molecule has 0 aliphatic carbocycles. The van der Waals surface area contributed by atoms with Gasteiger partial charge in [0.25, 0.3) is 0 Å². The Hall–Kier alpha value is -0.260. The Bertz CT molecular complexity index is 74.1. The van der Waals surface area contributed by atoms with Crippen molar-refractivity contribution in [3.05, 3.63) is 13.8 Å². The summed E-state index contributed by atoms with van der Waals surface area (Å²) in [5.74, 6) is 1.26. The molecule has 0 nitrogen and oxygen atoms in total. The van der Waals surface area contributed by atoms with E-state index in [0.717, 1.165) is 0 Å². The third-order valence-electron chi connectivity index (χ3n) is 2.03. The van der Waals surface area contributed by atoms with E-state index in [1.807, 2.05) is 0 Å². The van der Waals surface area contributed by atoms with Crippen LogP contribution in [-0.2, 0) is 0 Å². The molecule has 11 heavy (non-hydrogen) atoms. The van der Waals surface area contributed by atoms with Crippen LogP contribution >= 0.6 is 0 Å². The standard InChI is InChI=1S/C11H22/c1-5-6-7-11(4)9-8-10(2)3/h10-11H,2,4-9H2,1,3H3/q+2. The van der Waals surface area contributed by atoms with Gasteiger partial charge in [-0.05, 0) is 32.6 Å². The van der Waals surface area contributed by atoms with Gasteiger partial charge in [-0.2, -0.15) is 0 Å². The summed E-state index contributed by atoms with van der Waals surface area (Å²) in [6.07, 6.45) is 6.41. The molecule has 0 aromatic rings. The molecule has 0 aliphatic heterocycles. The monoisotopic (exact) mass is 154 g/mol. The number of unbranched alkanes of at least 4 members (excludes halogenated alkanes) is 1. The van der Waals surface area contributed by atoms with Gasteiger partial charge in [-0.25, -0.2) is 0 Å². The topological polar surface area (TPSA) is 0 Å². The molecule has 0 aliphatic rings. The van der Waals surface area contributed by atoms with Gasteiger partial charge >= 0.3 is 0 Å². The molecule has 0 fully saturated rings. The van der Waals surface area contributed by atoms with E-state index in [2.05, 4.69) is 27.7 Å². The summed E-state index contributed by atoms with van der Waals surface area (Å²) in [5, 5.41) is 0. The minimum Gasteiger partial charge on any atom is -0.0654 e. The summed E-state index contributed by atoms with van der Waals surface area (Å²) in [6.45, 7) is 12.5. The molecular formula is C11H22+2. The summed E-state index contributed by atoms with van der Waals surface area (Å²) >= 11 is 0. The Morgan fingerprint density at radius 3 is 2.18 bits per heavy atom. The van der Waals surface area contributed by atoms with E-state index in [1.165, 1.54) is 32.1 Å². The Labute approximate surface area is 72.4 Å². The van der Waals surface area contributed by atoms with Crippen LogP contribution < -0.4 is 0 Å². The van der Waals surface area contributed by atoms with Crippen molar-refractivity contribution in [2.24, 2.45) is 11.8 Å². The predicted octanol–water partition coefficient (Wildman–Crippen LogP) is 3.88. The average molecular weight is 154 g/mol. The first-order chi connectivity index (χ1) is 5.16. The zero-order valence-electron chi connectivity index (χ0n) is 8.10. The molecule has 2 unspecified atom stereocenters. The lowest BCUT2D eigenvalue weighted by Crippen LogP contribution is -1.98. The highest BCUT2D eigenvalue weighted by molar-refractivity contribution is 4.64. The molecule has 2 atom stereocenters. The first-order valence-electron chi connectivity index (χ1n) is 4.83. The number of rotatable bonds is 6. The van der Waals surface area contributed by atoms with Crippen LogP contribution in [0.2, 0.25) is 0 Å². The molecule has 0 aromatic heterocycles. The highest BCUT2D eigenvalue weighted by Gasteiger charge is 2.10. The second-order valence-electron chi connectivity index (χ2n) is 3.69. The van der Waals surface area contributed by atoms with Crippen LogP contribution in [0.3, 0.4) is 0 Å². The third kappa shape index (κ3) is 7.64. The largest absolute Gasteiger partial charge is 0.0954 e. The van der Waals surface area contributed by atoms with Crippen LogP contribution in [0, 0.1) is 25.7 Å². The van der Waals surface area contributed by atoms with Crippen LogP contribution in [0.5, 0.6) is 0 Å². The average Bonchev–Trinajstić information content (AvgIpc) is 1.97. The molecule has 0 aromatic carbocycles. The van der Waals surface area contributed by atoms with Crippen molar-refractivity contribution in [2.75, 3.05) is 0 Å². The fourth-order valence-electron chi connectivity index (χ4n) is 1.16. The third-order valence-corrected chi connectivity index (χ3v) is 2.03.